The van der Waals surface area contributed by atoms with Crippen molar-refractivity contribution in [2.75, 3.05) is 25.2 Å². The summed E-state index contributed by atoms with van der Waals surface area (Å²) >= 11 is 6.21. The van der Waals surface area contributed by atoms with E-state index >= 15 is 0 Å². The van der Waals surface area contributed by atoms with Crippen molar-refractivity contribution < 1.29 is 14.3 Å². The molecule has 0 saturated heterocycles. The smallest absolute Gasteiger partial charge is 0.361 e. The van der Waals surface area contributed by atoms with Gasteiger partial charge in [-0.15, -0.1) is 0 Å². The number of aromatic nitrogens is 2. The fraction of sp³-hybridized carbons (Fsp3) is 0.389. The molecule has 7 nitrogen and oxygen atoms in total. The molecule has 0 aliphatic heterocycles. The number of anilines is 1. The topological polar surface area (TPSA) is 73.7 Å². The fourth-order valence-electron chi connectivity index (χ4n) is 2.48. The highest BCUT2D eigenvalue weighted by atomic mass is 35.5. The number of carbonyl (C=O) groups excluding carboxylic acids is 1. The summed E-state index contributed by atoms with van der Waals surface area (Å²) in [6.07, 6.45) is 0. The highest BCUT2D eigenvalue weighted by Gasteiger charge is 2.24. The van der Waals surface area contributed by atoms with Crippen LogP contribution >= 0.6 is 11.6 Å². The van der Waals surface area contributed by atoms with Gasteiger partial charge in [-0.3, -0.25) is 9.36 Å². The van der Waals surface area contributed by atoms with E-state index in [0.717, 1.165) is 5.56 Å². The predicted molar refractivity (Wildman–Crippen MR) is 100 cm³/mol. The summed E-state index contributed by atoms with van der Waals surface area (Å²) in [6.45, 7) is 4.23. The molecule has 0 N–H and O–H groups in total. The van der Waals surface area contributed by atoms with E-state index < -0.39 is 11.5 Å². The molecular weight excluding hydrogens is 358 g/mol. The molecule has 2 aromatic rings. The Balaban J connectivity index is 2.49. The Morgan fingerprint density at radius 2 is 1.96 bits per heavy atom. The minimum absolute atomic E-state index is 0.108. The molecule has 26 heavy (non-hydrogen) atoms. The van der Waals surface area contributed by atoms with E-state index in [0.29, 0.717) is 17.5 Å². The van der Waals surface area contributed by atoms with E-state index in [4.69, 9.17) is 21.1 Å². The minimum atomic E-state index is -0.693. The molecule has 0 amide bonds. The van der Waals surface area contributed by atoms with Crippen molar-refractivity contribution in [3.8, 4) is 5.75 Å². The van der Waals surface area contributed by atoms with Crippen LogP contribution in [0.5, 0.6) is 5.75 Å². The molecular formula is C18H22ClN3O4. The second-order valence-electron chi connectivity index (χ2n) is 5.55. The number of carbonyl (C=O) groups is 1. The Kier molecular flexibility index (Phi) is 6.63. The maximum atomic E-state index is 12.7. The van der Waals surface area contributed by atoms with Gasteiger partial charge in [0.25, 0.3) is 5.56 Å². The van der Waals surface area contributed by atoms with E-state index in [9.17, 15) is 9.59 Å². The number of benzene rings is 1. The quantitative estimate of drug-likeness (QED) is 0.688. The first-order valence-corrected chi connectivity index (χ1v) is 8.63. The number of esters is 1. The van der Waals surface area contributed by atoms with E-state index in [1.54, 1.807) is 38.9 Å². The molecule has 0 aliphatic carbocycles. The van der Waals surface area contributed by atoms with Crippen LogP contribution in [0.15, 0.2) is 29.1 Å². The third-order valence-electron chi connectivity index (χ3n) is 3.69. The largest absolute Gasteiger partial charge is 0.486 e. The number of halogens is 1. The van der Waals surface area contributed by atoms with Crippen molar-refractivity contribution in [2.45, 2.75) is 20.4 Å². The number of ether oxygens (including phenoxy) is 2. The Morgan fingerprint density at radius 1 is 1.27 bits per heavy atom. The van der Waals surface area contributed by atoms with E-state index in [1.165, 1.54) is 4.57 Å². The zero-order valence-electron chi connectivity index (χ0n) is 15.3. The molecule has 8 heteroatoms. The Labute approximate surface area is 157 Å². The van der Waals surface area contributed by atoms with Gasteiger partial charge in [0.1, 0.15) is 0 Å². The summed E-state index contributed by atoms with van der Waals surface area (Å²) in [4.78, 5) is 31.0. The van der Waals surface area contributed by atoms with Gasteiger partial charge in [0.2, 0.25) is 11.7 Å². The first kappa shape index (κ1) is 19.8. The lowest BCUT2D eigenvalue weighted by Crippen LogP contribution is -2.32. The van der Waals surface area contributed by atoms with Crippen LogP contribution in [0, 0.1) is 0 Å². The number of rotatable bonds is 7. The molecule has 140 valence electrons. The second-order valence-corrected chi connectivity index (χ2v) is 5.96. The molecule has 0 radical (unpaired) electrons. The second kappa shape index (κ2) is 8.71. The fourth-order valence-corrected chi connectivity index (χ4v) is 2.67. The van der Waals surface area contributed by atoms with Crippen LogP contribution < -0.4 is 15.2 Å². The van der Waals surface area contributed by atoms with Crippen LogP contribution in [0.3, 0.4) is 0 Å². The van der Waals surface area contributed by atoms with Gasteiger partial charge >= 0.3 is 5.97 Å². The molecule has 0 unspecified atom stereocenters. The van der Waals surface area contributed by atoms with Gasteiger partial charge < -0.3 is 14.4 Å². The summed E-state index contributed by atoms with van der Waals surface area (Å²) in [7, 11) is 3.34. The molecule has 2 rings (SSSR count). The van der Waals surface area contributed by atoms with Crippen molar-refractivity contribution in [3.63, 3.8) is 0 Å². The van der Waals surface area contributed by atoms with Gasteiger partial charge in [0.15, 0.2) is 5.69 Å². The Hall–Kier alpha value is -2.54. The van der Waals surface area contributed by atoms with Gasteiger partial charge in [-0.2, -0.15) is 0 Å². The predicted octanol–water partition coefficient (Wildman–Crippen LogP) is 2.65. The lowest BCUT2D eigenvalue weighted by atomic mass is 10.2. The van der Waals surface area contributed by atoms with Crippen molar-refractivity contribution in [2.24, 2.45) is 7.05 Å². The summed E-state index contributed by atoms with van der Waals surface area (Å²) in [5.74, 6) is -0.495. The molecule has 0 aliphatic rings. The van der Waals surface area contributed by atoms with Crippen molar-refractivity contribution >= 4 is 23.5 Å². The van der Waals surface area contributed by atoms with Crippen molar-refractivity contribution in [3.05, 3.63) is 50.9 Å². The first-order valence-electron chi connectivity index (χ1n) is 8.26. The lowest BCUT2D eigenvalue weighted by Gasteiger charge is -2.22. The third kappa shape index (κ3) is 4.16. The summed E-state index contributed by atoms with van der Waals surface area (Å²) < 4.78 is 11.7. The van der Waals surface area contributed by atoms with E-state index in [1.807, 2.05) is 18.2 Å². The maximum absolute atomic E-state index is 12.7. The van der Waals surface area contributed by atoms with Crippen LogP contribution in [0.1, 0.15) is 29.9 Å². The van der Waals surface area contributed by atoms with Crippen molar-refractivity contribution in [1.82, 2.24) is 9.55 Å². The molecule has 0 spiro atoms. The third-order valence-corrected chi connectivity index (χ3v) is 4.06. The zero-order chi connectivity index (χ0) is 19.3. The summed E-state index contributed by atoms with van der Waals surface area (Å²) in [5, 5.41) is 0.612. The molecule has 0 fully saturated rings. The monoisotopic (exact) mass is 379 g/mol. The van der Waals surface area contributed by atoms with Gasteiger partial charge in [-0.05, 0) is 25.5 Å². The number of hydrogen-bond donors (Lipinski definition) is 0. The van der Waals surface area contributed by atoms with Gasteiger partial charge in [0.05, 0.1) is 13.2 Å². The molecule has 1 aromatic carbocycles. The van der Waals surface area contributed by atoms with Gasteiger partial charge in [-0.1, -0.05) is 29.8 Å². The average Bonchev–Trinajstić information content (AvgIpc) is 2.61. The first-order chi connectivity index (χ1) is 12.4. The molecule has 0 atom stereocenters. The number of nitrogens with zero attached hydrogens (tertiary/aromatic N) is 3. The van der Waals surface area contributed by atoms with Crippen LogP contribution in [0.4, 0.5) is 5.95 Å². The highest BCUT2D eigenvalue weighted by molar-refractivity contribution is 6.31. The van der Waals surface area contributed by atoms with Crippen LogP contribution in [0.25, 0.3) is 0 Å². The number of hydrogen-bond acceptors (Lipinski definition) is 6. The molecule has 0 saturated carbocycles. The highest BCUT2D eigenvalue weighted by Crippen LogP contribution is 2.21. The van der Waals surface area contributed by atoms with Crippen LogP contribution in [-0.4, -0.2) is 35.8 Å². The minimum Gasteiger partial charge on any atom is -0.486 e. The van der Waals surface area contributed by atoms with Crippen LogP contribution in [-0.2, 0) is 18.3 Å². The zero-order valence-corrected chi connectivity index (χ0v) is 16.0. The Bertz CT molecular complexity index is 851. The van der Waals surface area contributed by atoms with E-state index in [-0.39, 0.29) is 24.7 Å². The van der Waals surface area contributed by atoms with E-state index in [2.05, 4.69) is 4.98 Å². The molecule has 0 bridgehead atoms. The molecule has 1 aromatic heterocycles. The van der Waals surface area contributed by atoms with Gasteiger partial charge in [0, 0.05) is 25.7 Å². The average molecular weight is 380 g/mol. The van der Waals surface area contributed by atoms with Crippen molar-refractivity contribution in [1.29, 1.82) is 0 Å². The maximum Gasteiger partial charge on any atom is 0.361 e. The SMILES string of the molecule is CCOC(=O)c1nc(N(C)Cc2ccccc2Cl)n(C)c(=O)c1OCC. The summed E-state index contributed by atoms with van der Waals surface area (Å²) in [5.41, 5.74) is 0.293. The molecule has 1 heterocycles. The lowest BCUT2D eigenvalue weighted by molar-refractivity contribution is 0.0513. The van der Waals surface area contributed by atoms with Gasteiger partial charge in [-0.25, -0.2) is 9.78 Å². The Morgan fingerprint density at radius 3 is 2.58 bits per heavy atom. The normalized spacial score (nSPS) is 10.5. The standard InChI is InChI=1S/C18H22ClN3O4/c1-5-25-15-14(17(24)26-6-2)20-18(22(4)16(15)23)21(3)11-12-9-7-8-10-13(12)19/h7-10H,5-6,11H2,1-4H3. The van der Waals surface area contributed by atoms with Crippen LogP contribution in [0.2, 0.25) is 5.02 Å². The summed E-state index contributed by atoms with van der Waals surface area (Å²) in [6, 6.07) is 7.40.